The number of fused-ring (bicyclic) bond motifs is 1. The maximum absolute atomic E-state index is 12.0. The van der Waals surface area contributed by atoms with Crippen molar-refractivity contribution in [2.75, 3.05) is 11.9 Å². The molecule has 0 atom stereocenters. The molecule has 0 bridgehead atoms. The first-order valence-electron chi connectivity index (χ1n) is 7.34. The maximum Gasteiger partial charge on any atom is 0.262 e. The first kappa shape index (κ1) is 15.4. The molecule has 0 radical (unpaired) electrons. The Morgan fingerprint density at radius 3 is 2.65 bits per heavy atom. The summed E-state index contributed by atoms with van der Waals surface area (Å²) in [6.45, 7) is 0.537. The Balaban J connectivity index is 1.58. The van der Waals surface area contributed by atoms with Crippen LogP contribution in [-0.2, 0) is 16.0 Å². The van der Waals surface area contributed by atoms with Crippen molar-refractivity contribution in [2.45, 2.75) is 11.3 Å². The van der Waals surface area contributed by atoms with Gasteiger partial charge in [-0.15, -0.1) is 0 Å². The van der Waals surface area contributed by atoms with E-state index in [1.54, 1.807) is 0 Å². The van der Waals surface area contributed by atoms with E-state index < -0.39 is 0 Å². The molecule has 2 aromatic rings. The van der Waals surface area contributed by atoms with Gasteiger partial charge in [0, 0.05) is 17.5 Å². The van der Waals surface area contributed by atoms with Crippen LogP contribution in [0, 0.1) is 0 Å². The topological polar surface area (TPSA) is 58.2 Å². The minimum absolute atomic E-state index is 0.244. The molecule has 0 saturated carbocycles. The first-order valence-corrected chi connectivity index (χ1v) is 8.16. The van der Waals surface area contributed by atoms with Crippen molar-refractivity contribution >= 4 is 29.3 Å². The van der Waals surface area contributed by atoms with Gasteiger partial charge >= 0.3 is 0 Å². The zero-order valence-corrected chi connectivity index (χ0v) is 13.2. The van der Waals surface area contributed by atoms with Crippen LogP contribution >= 0.6 is 11.8 Å². The highest BCUT2D eigenvalue weighted by molar-refractivity contribution is 8.04. The summed E-state index contributed by atoms with van der Waals surface area (Å²) in [5.41, 5.74) is 1.95. The van der Waals surface area contributed by atoms with Crippen LogP contribution in [-0.4, -0.2) is 18.4 Å². The Hall–Kier alpha value is -2.53. The molecule has 3 rings (SSSR count). The molecule has 0 saturated heterocycles. The molecule has 2 amide bonds. The average Bonchev–Trinajstić information content (AvgIpc) is 2.56. The summed E-state index contributed by atoms with van der Waals surface area (Å²) in [7, 11) is 0. The summed E-state index contributed by atoms with van der Waals surface area (Å²) in [5, 5.41) is 5.60. The van der Waals surface area contributed by atoms with E-state index in [-0.39, 0.29) is 11.8 Å². The van der Waals surface area contributed by atoms with E-state index in [4.69, 9.17) is 0 Å². The highest BCUT2D eigenvalue weighted by Gasteiger charge is 2.21. The molecule has 0 spiro atoms. The normalized spacial score (nSPS) is 15.0. The number of benzene rings is 2. The third-order valence-electron chi connectivity index (χ3n) is 3.40. The number of amides is 2. The van der Waals surface area contributed by atoms with Crippen LogP contribution in [0.2, 0.25) is 0 Å². The summed E-state index contributed by atoms with van der Waals surface area (Å²) in [6.07, 6.45) is 2.12. The van der Waals surface area contributed by atoms with Gasteiger partial charge < -0.3 is 10.6 Å². The van der Waals surface area contributed by atoms with Gasteiger partial charge in [0.05, 0.1) is 10.6 Å². The summed E-state index contributed by atoms with van der Waals surface area (Å²) >= 11 is 1.31. The van der Waals surface area contributed by atoms with Gasteiger partial charge in [-0.2, -0.15) is 0 Å². The van der Waals surface area contributed by atoms with Gasteiger partial charge in [0.15, 0.2) is 0 Å². The fourth-order valence-electron chi connectivity index (χ4n) is 2.25. The van der Waals surface area contributed by atoms with Crippen LogP contribution in [0.5, 0.6) is 0 Å². The minimum Gasteiger partial charge on any atom is -0.352 e. The van der Waals surface area contributed by atoms with E-state index in [1.165, 1.54) is 23.4 Å². The fourth-order valence-corrected chi connectivity index (χ4v) is 3.17. The summed E-state index contributed by atoms with van der Waals surface area (Å²) < 4.78 is 0. The Labute approximate surface area is 139 Å². The number of carbonyl (C=O) groups excluding carboxylic acids is 2. The van der Waals surface area contributed by atoms with E-state index in [0.717, 1.165) is 17.0 Å². The summed E-state index contributed by atoms with van der Waals surface area (Å²) in [4.78, 5) is 25.3. The second kappa shape index (κ2) is 7.15. The van der Waals surface area contributed by atoms with Crippen molar-refractivity contribution in [3.8, 4) is 0 Å². The van der Waals surface area contributed by atoms with Crippen LogP contribution < -0.4 is 10.6 Å². The van der Waals surface area contributed by atoms with E-state index in [9.17, 15) is 9.59 Å². The minimum atomic E-state index is -0.252. The van der Waals surface area contributed by atoms with Gasteiger partial charge in [0.2, 0.25) is 5.91 Å². The number of hydrogen-bond acceptors (Lipinski definition) is 3. The Bertz CT molecular complexity index is 757. The Kier molecular flexibility index (Phi) is 4.78. The lowest BCUT2D eigenvalue weighted by atomic mass is 10.1. The molecule has 2 N–H and O–H groups in total. The fraction of sp³-hybridized carbons (Fsp3) is 0.111. The SMILES string of the molecule is O=C(/C=C1\Sc2ccccc2NC1=O)NCCc1ccccc1. The molecular formula is C18H16N2O2S. The van der Waals surface area contributed by atoms with Gasteiger partial charge in [-0.3, -0.25) is 9.59 Å². The van der Waals surface area contributed by atoms with Crippen molar-refractivity contribution in [3.05, 3.63) is 71.1 Å². The zero-order valence-electron chi connectivity index (χ0n) is 12.4. The van der Waals surface area contributed by atoms with Crippen molar-refractivity contribution in [1.29, 1.82) is 0 Å². The van der Waals surface area contributed by atoms with Crippen LogP contribution in [0.3, 0.4) is 0 Å². The lowest BCUT2D eigenvalue weighted by Crippen LogP contribution is -2.26. The molecule has 1 heterocycles. The van der Waals surface area contributed by atoms with Crippen molar-refractivity contribution in [3.63, 3.8) is 0 Å². The smallest absolute Gasteiger partial charge is 0.262 e. The van der Waals surface area contributed by atoms with Gasteiger partial charge in [-0.05, 0) is 24.1 Å². The molecule has 0 aliphatic carbocycles. The Morgan fingerprint density at radius 1 is 1.09 bits per heavy atom. The quantitative estimate of drug-likeness (QED) is 0.850. The molecule has 1 aliphatic heterocycles. The molecule has 0 aromatic heterocycles. The van der Waals surface area contributed by atoms with E-state index in [2.05, 4.69) is 10.6 Å². The van der Waals surface area contributed by atoms with Crippen molar-refractivity contribution < 1.29 is 9.59 Å². The van der Waals surface area contributed by atoms with Gasteiger partial charge in [-0.25, -0.2) is 0 Å². The second-order valence-corrected chi connectivity index (χ2v) is 6.17. The van der Waals surface area contributed by atoms with Gasteiger partial charge in [0.25, 0.3) is 5.91 Å². The third kappa shape index (κ3) is 4.02. The van der Waals surface area contributed by atoms with E-state index in [1.807, 2.05) is 54.6 Å². The molecular weight excluding hydrogens is 308 g/mol. The molecule has 1 aliphatic rings. The molecule has 2 aromatic carbocycles. The summed E-state index contributed by atoms with van der Waals surface area (Å²) in [6, 6.07) is 17.5. The van der Waals surface area contributed by atoms with Crippen molar-refractivity contribution in [2.24, 2.45) is 0 Å². The summed E-state index contributed by atoms with van der Waals surface area (Å²) in [5.74, 6) is -0.495. The van der Waals surface area contributed by atoms with Crippen molar-refractivity contribution in [1.82, 2.24) is 5.32 Å². The number of anilines is 1. The van der Waals surface area contributed by atoms with Crippen LogP contribution in [0.15, 0.2) is 70.5 Å². The number of rotatable bonds is 4. The monoisotopic (exact) mass is 324 g/mol. The molecule has 4 nitrogen and oxygen atoms in total. The molecule has 0 fully saturated rings. The Morgan fingerprint density at radius 2 is 1.83 bits per heavy atom. The number of carbonyl (C=O) groups is 2. The number of para-hydroxylation sites is 1. The first-order chi connectivity index (χ1) is 11.2. The average molecular weight is 324 g/mol. The zero-order chi connectivity index (χ0) is 16.1. The predicted octanol–water partition coefficient (Wildman–Crippen LogP) is 2.97. The third-order valence-corrected chi connectivity index (χ3v) is 4.50. The van der Waals surface area contributed by atoms with E-state index >= 15 is 0 Å². The van der Waals surface area contributed by atoms with Crippen LogP contribution in [0.4, 0.5) is 5.69 Å². The second-order valence-electron chi connectivity index (χ2n) is 5.09. The molecule has 0 unspecified atom stereocenters. The molecule has 5 heteroatoms. The number of thioether (sulfide) groups is 1. The van der Waals surface area contributed by atoms with Gasteiger partial charge in [-0.1, -0.05) is 54.2 Å². The largest absolute Gasteiger partial charge is 0.352 e. The lowest BCUT2D eigenvalue weighted by Gasteiger charge is -2.17. The lowest BCUT2D eigenvalue weighted by molar-refractivity contribution is -0.117. The van der Waals surface area contributed by atoms with Gasteiger partial charge in [0.1, 0.15) is 0 Å². The number of nitrogens with one attached hydrogen (secondary N) is 2. The highest BCUT2D eigenvalue weighted by atomic mass is 32.2. The molecule has 23 heavy (non-hydrogen) atoms. The van der Waals surface area contributed by atoms with Crippen LogP contribution in [0.25, 0.3) is 0 Å². The predicted molar refractivity (Wildman–Crippen MR) is 92.2 cm³/mol. The maximum atomic E-state index is 12.0. The number of hydrogen-bond donors (Lipinski definition) is 2. The van der Waals surface area contributed by atoms with Crippen LogP contribution in [0.1, 0.15) is 5.56 Å². The van der Waals surface area contributed by atoms with E-state index in [0.29, 0.717) is 11.4 Å². The highest BCUT2D eigenvalue weighted by Crippen LogP contribution is 2.37. The standard InChI is InChI=1S/C18H16N2O2S/c21-17(19-11-10-13-6-2-1-3-7-13)12-16-18(22)20-14-8-4-5-9-15(14)23-16/h1-9,12H,10-11H2,(H,19,21)(H,20,22)/b16-12-. The molecule has 116 valence electrons.